The molecule has 1 nitrogen and oxygen atoms in total. The minimum Gasteiger partial charge on any atom is -0.294 e. The number of benzene rings is 1. The van der Waals surface area contributed by atoms with Crippen LogP contribution in [0.4, 0.5) is 0 Å². The minimum atomic E-state index is -0.298. The van der Waals surface area contributed by atoms with Gasteiger partial charge in [-0.05, 0) is 35.1 Å². The highest BCUT2D eigenvalue weighted by Gasteiger charge is 2.24. The van der Waals surface area contributed by atoms with Gasteiger partial charge in [0.15, 0.2) is 5.78 Å². The normalized spacial score (nSPS) is 11.5. The lowest BCUT2D eigenvalue weighted by molar-refractivity contribution is 0.0857. The van der Waals surface area contributed by atoms with Crippen molar-refractivity contribution in [1.29, 1.82) is 0 Å². The van der Waals surface area contributed by atoms with Gasteiger partial charge in [0.2, 0.25) is 0 Å². The van der Waals surface area contributed by atoms with Crippen molar-refractivity contribution in [3.8, 4) is 0 Å². The van der Waals surface area contributed by atoms with Gasteiger partial charge in [-0.2, -0.15) is 0 Å². The molecule has 1 rings (SSSR count). The van der Waals surface area contributed by atoms with E-state index < -0.39 is 0 Å². The first-order chi connectivity index (χ1) is 6.34. The fourth-order valence-corrected chi connectivity index (χ4v) is 1.83. The van der Waals surface area contributed by atoms with Gasteiger partial charge >= 0.3 is 0 Å². The molecule has 0 radical (unpaired) electrons. The monoisotopic (exact) mass is 302 g/mol. The number of ketones is 1. The first-order valence-corrected chi connectivity index (χ1v) is 5.72. The average molecular weight is 302 g/mol. The zero-order chi connectivity index (χ0) is 10.9. The van der Waals surface area contributed by atoms with Gasteiger partial charge in [-0.15, -0.1) is 0 Å². The predicted molar refractivity (Wildman–Crippen MR) is 67.7 cm³/mol. The molecule has 0 spiro atoms. The van der Waals surface area contributed by atoms with Crippen LogP contribution in [-0.2, 0) is 0 Å². The maximum atomic E-state index is 12.0. The Morgan fingerprint density at radius 3 is 2.36 bits per heavy atom. The summed E-state index contributed by atoms with van der Waals surface area (Å²) in [7, 11) is 0. The van der Waals surface area contributed by atoms with Crippen LogP contribution in [-0.4, -0.2) is 5.78 Å². The summed E-state index contributed by atoms with van der Waals surface area (Å²) in [5.74, 6) is 0.214. The quantitative estimate of drug-likeness (QED) is 0.569. The minimum absolute atomic E-state index is 0.214. The van der Waals surface area contributed by atoms with Gasteiger partial charge in [0.05, 0.1) is 0 Å². The first-order valence-electron chi connectivity index (χ1n) is 4.64. The Labute approximate surface area is 99.0 Å². The molecule has 0 unspecified atom stereocenters. The molecule has 2 heteroatoms. The summed E-state index contributed by atoms with van der Waals surface area (Å²) in [6.07, 6.45) is 0. The average Bonchev–Trinajstić information content (AvgIpc) is 2.07. The standard InChI is InChI=1S/C12H15IO/c1-8-6-5-7-9(10(8)13)11(14)12(2,3)4/h5-7H,1-4H3. The molecule has 0 heterocycles. The summed E-state index contributed by atoms with van der Waals surface area (Å²) >= 11 is 2.24. The Kier molecular flexibility index (Phi) is 3.35. The van der Waals surface area contributed by atoms with Crippen LogP contribution in [0.3, 0.4) is 0 Å². The molecule has 0 aromatic heterocycles. The third-order valence-corrected chi connectivity index (χ3v) is 3.55. The van der Waals surface area contributed by atoms with Crippen molar-refractivity contribution in [2.75, 3.05) is 0 Å². The molecule has 0 bridgehead atoms. The number of hydrogen-bond acceptors (Lipinski definition) is 1. The lowest BCUT2D eigenvalue weighted by Gasteiger charge is -2.18. The van der Waals surface area contributed by atoms with E-state index in [2.05, 4.69) is 22.6 Å². The van der Waals surface area contributed by atoms with Crippen LogP contribution in [0.1, 0.15) is 36.7 Å². The molecule has 0 aliphatic rings. The van der Waals surface area contributed by atoms with Gasteiger partial charge < -0.3 is 0 Å². The lowest BCUT2D eigenvalue weighted by atomic mass is 9.86. The highest BCUT2D eigenvalue weighted by molar-refractivity contribution is 14.1. The van der Waals surface area contributed by atoms with Gasteiger partial charge in [0.25, 0.3) is 0 Å². The van der Waals surface area contributed by atoms with Crippen LogP contribution in [0.15, 0.2) is 18.2 Å². The second-order valence-corrected chi connectivity index (χ2v) is 5.59. The smallest absolute Gasteiger partial charge is 0.169 e. The summed E-state index contributed by atoms with van der Waals surface area (Å²) in [6, 6.07) is 5.88. The number of aryl methyl sites for hydroxylation is 1. The number of hydrogen-bond donors (Lipinski definition) is 0. The Balaban J connectivity index is 3.21. The van der Waals surface area contributed by atoms with E-state index in [9.17, 15) is 4.79 Å². The van der Waals surface area contributed by atoms with Gasteiger partial charge in [-0.3, -0.25) is 4.79 Å². The second-order valence-electron chi connectivity index (χ2n) is 4.52. The van der Waals surface area contributed by atoms with Crippen molar-refractivity contribution >= 4 is 28.4 Å². The van der Waals surface area contributed by atoms with Crippen molar-refractivity contribution < 1.29 is 4.79 Å². The molecule has 14 heavy (non-hydrogen) atoms. The van der Waals surface area contributed by atoms with Crippen LogP contribution in [0.5, 0.6) is 0 Å². The molecular formula is C12H15IO. The molecule has 0 aliphatic carbocycles. The first kappa shape index (κ1) is 11.7. The number of carbonyl (C=O) groups is 1. The summed E-state index contributed by atoms with van der Waals surface area (Å²) in [6.45, 7) is 7.89. The number of rotatable bonds is 1. The van der Waals surface area contributed by atoms with E-state index in [1.807, 2.05) is 45.9 Å². The summed E-state index contributed by atoms with van der Waals surface area (Å²) in [5, 5.41) is 0. The third-order valence-electron chi connectivity index (χ3n) is 2.12. The Morgan fingerprint density at radius 1 is 1.29 bits per heavy atom. The Bertz CT molecular complexity index is 361. The molecule has 0 N–H and O–H groups in total. The molecule has 1 aromatic rings. The maximum absolute atomic E-state index is 12.0. The predicted octanol–water partition coefficient (Wildman–Crippen LogP) is 3.83. The molecule has 0 amide bonds. The summed E-state index contributed by atoms with van der Waals surface area (Å²) < 4.78 is 1.07. The fraction of sp³-hybridized carbons (Fsp3) is 0.417. The Hall–Kier alpha value is -0.380. The summed E-state index contributed by atoms with van der Waals surface area (Å²) in [4.78, 5) is 12.0. The molecule has 0 atom stereocenters. The second kappa shape index (κ2) is 4.01. The van der Waals surface area contributed by atoms with E-state index in [-0.39, 0.29) is 11.2 Å². The molecular weight excluding hydrogens is 287 g/mol. The highest BCUT2D eigenvalue weighted by atomic mass is 127. The van der Waals surface area contributed by atoms with Crippen molar-refractivity contribution in [3.63, 3.8) is 0 Å². The van der Waals surface area contributed by atoms with E-state index in [4.69, 9.17) is 0 Å². The Morgan fingerprint density at radius 2 is 1.86 bits per heavy atom. The maximum Gasteiger partial charge on any atom is 0.169 e. The van der Waals surface area contributed by atoms with Crippen molar-refractivity contribution in [2.24, 2.45) is 5.41 Å². The van der Waals surface area contributed by atoms with Crippen LogP contribution in [0, 0.1) is 15.9 Å². The van der Waals surface area contributed by atoms with E-state index >= 15 is 0 Å². The summed E-state index contributed by atoms with van der Waals surface area (Å²) in [5.41, 5.74) is 1.71. The molecule has 0 aliphatic heterocycles. The van der Waals surface area contributed by atoms with Gasteiger partial charge in [0, 0.05) is 14.5 Å². The third kappa shape index (κ3) is 2.35. The van der Waals surface area contributed by atoms with Gasteiger partial charge in [-0.1, -0.05) is 39.0 Å². The number of halogens is 1. The highest BCUT2D eigenvalue weighted by Crippen LogP contribution is 2.25. The molecule has 0 saturated carbocycles. The zero-order valence-electron chi connectivity index (χ0n) is 9.02. The fourth-order valence-electron chi connectivity index (χ4n) is 1.23. The van der Waals surface area contributed by atoms with Crippen LogP contribution in [0.25, 0.3) is 0 Å². The number of Topliss-reactive ketones (excluding diaryl/α,β-unsaturated/α-hetero) is 1. The zero-order valence-corrected chi connectivity index (χ0v) is 11.2. The van der Waals surface area contributed by atoms with Crippen molar-refractivity contribution in [1.82, 2.24) is 0 Å². The van der Waals surface area contributed by atoms with Crippen LogP contribution in [0.2, 0.25) is 0 Å². The van der Waals surface area contributed by atoms with E-state index in [0.717, 1.165) is 9.13 Å². The van der Waals surface area contributed by atoms with Crippen molar-refractivity contribution in [3.05, 3.63) is 32.9 Å². The van der Waals surface area contributed by atoms with E-state index in [0.29, 0.717) is 0 Å². The number of carbonyl (C=O) groups excluding carboxylic acids is 1. The largest absolute Gasteiger partial charge is 0.294 e. The SMILES string of the molecule is Cc1cccc(C(=O)C(C)(C)C)c1I. The van der Waals surface area contributed by atoms with Crippen molar-refractivity contribution in [2.45, 2.75) is 27.7 Å². The van der Waals surface area contributed by atoms with E-state index in [1.165, 1.54) is 5.56 Å². The molecule has 1 aromatic carbocycles. The van der Waals surface area contributed by atoms with Crippen LogP contribution >= 0.6 is 22.6 Å². The molecule has 76 valence electrons. The van der Waals surface area contributed by atoms with E-state index in [1.54, 1.807) is 0 Å². The van der Waals surface area contributed by atoms with Gasteiger partial charge in [-0.25, -0.2) is 0 Å². The van der Waals surface area contributed by atoms with Crippen LogP contribution < -0.4 is 0 Å². The van der Waals surface area contributed by atoms with Gasteiger partial charge in [0.1, 0.15) is 0 Å². The lowest BCUT2D eigenvalue weighted by Crippen LogP contribution is -2.21. The topological polar surface area (TPSA) is 17.1 Å². The molecule has 0 saturated heterocycles. The molecule has 0 fully saturated rings.